The molecular formula is C14H22BrNOS. The largest absolute Gasteiger partial charge is 0.314 e. The van der Waals surface area contributed by atoms with Crippen LogP contribution < -0.4 is 5.56 Å². The van der Waals surface area contributed by atoms with E-state index in [1.165, 1.54) is 0 Å². The first-order chi connectivity index (χ1) is 8.56. The maximum absolute atomic E-state index is 11.9. The zero-order valence-corrected chi connectivity index (χ0v) is 13.6. The summed E-state index contributed by atoms with van der Waals surface area (Å²) in [7, 11) is 0. The second-order valence-electron chi connectivity index (χ2n) is 4.97. The third-order valence-corrected chi connectivity index (χ3v) is 4.49. The van der Waals surface area contributed by atoms with Crippen LogP contribution >= 0.6 is 28.6 Å². The molecule has 0 radical (unpaired) electrons. The van der Waals surface area contributed by atoms with E-state index in [1.54, 1.807) is 12.1 Å². The summed E-state index contributed by atoms with van der Waals surface area (Å²) in [5.74, 6) is 0.827. The number of aromatic nitrogens is 1. The predicted octanol–water partition coefficient (Wildman–Crippen LogP) is 4.13. The van der Waals surface area contributed by atoms with Crippen molar-refractivity contribution < 1.29 is 0 Å². The van der Waals surface area contributed by atoms with Crippen LogP contribution in [0.2, 0.25) is 0 Å². The first-order valence-corrected chi connectivity index (χ1v) is 7.96. The van der Waals surface area contributed by atoms with Crippen molar-refractivity contribution in [2.75, 3.05) is 5.75 Å². The summed E-state index contributed by atoms with van der Waals surface area (Å²) in [5, 5.41) is 0. The maximum Gasteiger partial charge on any atom is 0.250 e. The van der Waals surface area contributed by atoms with Crippen molar-refractivity contribution in [1.82, 2.24) is 4.57 Å². The second kappa shape index (κ2) is 7.39. The number of thiol groups is 1. The summed E-state index contributed by atoms with van der Waals surface area (Å²) in [5.41, 5.74) is 0.202. The molecule has 0 aliphatic rings. The highest BCUT2D eigenvalue weighted by molar-refractivity contribution is 9.10. The minimum absolute atomic E-state index is 0.0663. The standard InChI is InChI=1S/C14H22BrNOS/c1-3-7-14(11-18,8-4-2)10-16-9-12(15)5-6-13(16)17/h5-6,9,18H,3-4,7-8,10-11H2,1-2H3. The minimum Gasteiger partial charge on any atom is -0.314 e. The molecule has 1 rings (SSSR count). The van der Waals surface area contributed by atoms with Crippen LogP contribution in [0, 0.1) is 5.41 Å². The predicted molar refractivity (Wildman–Crippen MR) is 84.5 cm³/mol. The van der Waals surface area contributed by atoms with Gasteiger partial charge in [0.2, 0.25) is 0 Å². The molecule has 102 valence electrons. The molecule has 1 aromatic rings. The van der Waals surface area contributed by atoms with Crippen LogP contribution in [0.3, 0.4) is 0 Å². The molecule has 0 spiro atoms. The molecule has 0 fully saturated rings. The molecule has 0 atom stereocenters. The van der Waals surface area contributed by atoms with Gasteiger partial charge < -0.3 is 4.57 Å². The van der Waals surface area contributed by atoms with E-state index in [-0.39, 0.29) is 11.0 Å². The molecule has 0 aliphatic carbocycles. The van der Waals surface area contributed by atoms with E-state index in [0.29, 0.717) is 0 Å². The highest BCUT2D eigenvalue weighted by Crippen LogP contribution is 2.33. The summed E-state index contributed by atoms with van der Waals surface area (Å²) in [4.78, 5) is 11.9. The minimum atomic E-state index is 0.0663. The van der Waals surface area contributed by atoms with Crippen LogP contribution in [-0.4, -0.2) is 10.3 Å². The molecular weight excluding hydrogens is 310 g/mol. The van der Waals surface area contributed by atoms with Crippen molar-refractivity contribution in [3.8, 4) is 0 Å². The summed E-state index contributed by atoms with van der Waals surface area (Å²) in [6.45, 7) is 5.14. The lowest BCUT2D eigenvalue weighted by Gasteiger charge is -2.32. The fourth-order valence-electron chi connectivity index (χ4n) is 2.54. The van der Waals surface area contributed by atoms with E-state index in [4.69, 9.17) is 0 Å². The Bertz CT molecular complexity index is 424. The molecule has 1 heterocycles. The molecule has 0 amide bonds. The zero-order chi connectivity index (χ0) is 13.6. The van der Waals surface area contributed by atoms with Crippen LogP contribution in [0.5, 0.6) is 0 Å². The fourth-order valence-corrected chi connectivity index (χ4v) is 3.33. The van der Waals surface area contributed by atoms with Gasteiger partial charge in [-0.1, -0.05) is 26.7 Å². The summed E-state index contributed by atoms with van der Waals surface area (Å²) < 4.78 is 2.76. The van der Waals surface area contributed by atoms with Gasteiger partial charge in [-0.15, -0.1) is 0 Å². The van der Waals surface area contributed by atoms with Gasteiger partial charge in [-0.05, 0) is 46.0 Å². The summed E-state index contributed by atoms with van der Waals surface area (Å²) in [6, 6.07) is 3.41. The lowest BCUT2D eigenvalue weighted by Crippen LogP contribution is -2.33. The van der Waals surface area contributed by atoms with Crippen molar-refractivity contribution in [3.63, 3.8) is 0 Å². The van der Waals surface area contributed by atoms with Crippen LogP contribution in [0.15, 0.2) is 27.6 Å². The number of hydrogen-bond acceptors (Lipinski definition) is 2. The Kier molecular flexibility index (Phi) is 6.50. The normalized spacial score (nSPS) is 11.8. The molecule has 0 aliphatic heterocycles. The Morgan fingerprint density at radius 1 is 1.28 bits per heavy atom. The third kappa shape index (κ3) is 4.16. The third-order valence-electron chi connectivity index (χ3n) is 3.35. The Balaban J connectivity index is 3.01. The molecule has 0 bridgehead atoms. The van der Waals surface area contributed by atoms with Crippen molar-refractivity contribution in [3.05, 3.63) is 33.2 Å². The number of halogens is 1. The molecule has 0 unspecified atom stereocenters. The van der Waals surface area contributed by atoms with E-state index in [2.05, 4.69) is 42.4 Å². The first-order valence-electron chi connectivity index (χ1n) is 6.54. The lowest BCUT2D eigenvalue weighted by atomic mass is 9.81. The van der Waals surface area contributed by atoms with Gasteiger partial charge in [0.15, 0.2) is 0 Å². The second-order valence-corrected chi connectivity index (χ2v) is 6.20. The lowest BCUT2D eigenvalue weighted by molar-refractivity contribution is 0.229. The Labute approximate surface area is 123 Å². The number of nitrogens with zero attached hydrogens (tertiary/aromatic N) is 1. The molecule has 2 nitrogen and oxygen atoms in total. The Hall–Kier alpha value is -0.220. The van der Waals surface area contributed by atoms with Crippen LogP contribution in [0.25, 0.3) is 0 Å². The van der Waals surface area contributed by atoms with Crippen molar-refractivity contribution in [2.24, 2.45) is 5.41 Å². The SMILES string of the molecule is CCCC(CS)(CCC)Cn1cc(Br)ccc1=O. The first kappa shape index (κ1) is 15.8. The van der Waals surface area contributed by atoms with E-state index < -0.39 is 0 Å². The molecule has 0 N–H and O–H groups in total. The fraction of sp³-hybridized carbons (Fsp3) is 0.643. The number of pyridine rings is 1. The Morgan fingerprint density at radius 2 is 1.89 bits per heavy atom. The van der Waals surface area contributed by atoms with Gasteiger partial charge >= 0.3 is 0 Å². The van der Waals surface area contributed by atoms with Gasteiger partial charge in [0, 0.05) is 23.3 Å². The highest BCUT2D eigenvalue weighted by atomic mass is 79.9. The van der Waals surface area contributed by atoms with Crippen LogP contribution in [0.1, 0.15) is 39.5 Å². The maximum atomic E-state index is 11.9. The van der Waals surface area contributed by atoms with E-state index >= 15 is 0 Å². The van der Waals surface area contributed by atoms with Gasteiger partial charge in [-0.3, -0.25) is 4.79 Å². The van der Waals surface area contributed by atoms with Gasteiger partial charge in [0.05, 0.1) is 0 Å². The molecule has 0 saturated carbocycles. The molecule has 0 aromatic carbocycles. The molecule has 1 aromatic heterocycles. The van der Waals surface area contributed by atoms with Crippen molar-refractivity contribution >= 4 is 28.6 Å². The number of hydrogen-bond donors (Lipinski definition) is 1. The van der Waals surface area contributed by atoms with Gasteiger partial charge in [-0.25, -0.2) is 0 Å². The van der Waals surface area contributed by atoms with E-state index in [1.807, 2.05) is 10.8 Å². The Morgan fingerprint density at radius 3 is 2.39 bits per heavy atom. The summed E-state index contributed by atoms with van der Waals surface area (Å²) in [6.07, 6.45) is 6.37. The molecule has 4 heteroatoms. The smallest absolute Gasteiger partial charge is 0.250 e. The van der Waals surface area contributed by atoms with E-state index in [9.17, 15) is 4.79 Å². The molecule has 0 saturated heterocycles. The van der Waals surface area contributed by atoms with Gasteiger partial charge in [-0.2, -0.15) is 12.6 Å². The van der Waals surface area contributed by atoms with Gasteiger partial charge in [0.25, 0.3) is 5.56 Å². The van der Waals surface area contributed by atoms with Crippen molar-refractivity contribution in [1.29, 1.82) is 0 Å². The van der Waals surface area contributed by atoms with Crippen molar-refractivity contribution in [2.45, 2.75) is 46.1 Å². The highest BCUT2D eigenvalue weighted by Gasteiger charge is 2.27. The van der Waals surface area contributed by atoms with Gasteiger partial charge in [0.1, 0.15) is 0 Å². The van der Waals surface area contributed by atoms with E-state index in [0.717, 1.165) is 42.5 Å². The summed E-state index contributed by atoms with van der Waals surface area (Å²) >= 11 is 7.96. The zero-order valence-electron chi connectivity index (χ0n) is 11.2. The average molecular weight is 332 g/mol. The molecule has 18 heavy (non-hydrogen) atoms. The topological polar surface area (TPSA) is 22.0 Å². The number of rotatable bonds is 7. The quantitative estimate of drug-likeness (QED) is 0.745. The van der Waals surface area contributed by atoms with Crippen LogP contribution in [-0.2, 0) is 6.54 Å². The average Bonchev–Trinajstić information content (AvgIpc) is 2.34. The monoisotopic (exact) mass is 331 g/mol. The van der Waals surface area contributed by atoms with Crippen LogP contribution in [0.4, 0.5) is 0 Å².